The molecule has 2 aromatic rings. The highest BCUT2D eigenvalue weighted by molar-refractivity contribution is 6.90. The quantitative estimate of drug-likeness (QED) is 0.335. The van der Waals surface area contributed by atoms with Crippen molar-refractivity contribution in [2.75, 3.05) is 0 Å². The van der Waals surface area contributed by atoms with Crippen molar-refractivity contribution in [1.29, 1.82) is 0 Å². The van der Waals surface area contributed by atoms with E-state index in [1.807, 2.05) is 0 Å². The van der Waals surface area contributed by atoms with E-state index in [1.165, 1.54) is 0 Å². The summed E-state index contributed by atoms with van der Waals surface area (Å²) in [6, 6.07) is 10.4. The van der Waals surface area contributed by atoms with Crippen LogP contribution >= 0.6 is 0 Å². The molecule has 0 spiro atoms. The Morgan fingerprint density at radius 1 is 0.471 bits per heavy atom. The predicted molar refractivity (Wildman–Crippen MR) is 166 cm³/mol. The third-order valence-corrected chi connectivity index (χ3v) is 11.6. The molecule has 0 radical (unpaired) electrons. The predicted octanol–water partition coefficient (Wildman–Crippen LogP) is 7.51. The van der Waals surface area contributed by atoms with Crippen LogP contribution in [0.15, 0.2) is 24.3 Å². The second kappa shape index (κ2) is 10.5. The van der Waals surface area contributed by atoms with Gasteiger partial charge in [-0.2, -0.15) is 0 Å². The van der Waals surface area contributed by atoms with Crippen LogP contribution in [0.25, 0.3) is 0 Å². The monoisotopic (exact) mass is 492 g/mol. The highest BCUT2D eigenvalue weighted by Gasteiger charge is 2.31. The van der Waals surface area contributed by atoms with Crippen molar-refractivity contribution >= 4 is 44.2 Å². The number of hydrogen-bond acceptors (Lipinski definition) is 0. The van der Waals surface area contributed by atoms with Crippen molar-refractivity contribution in [1.82, 2.24) is 0 Å². The molecule has 0 heterocycles. The van der Waals surface area contributed by atoms with Crippen LogP contribution in [0.4, 0.5) is 0 Å². The van der Waals surface area contributed by atoms with E-state index in [0.29, 0.717) is 30.4 Å². The van der Waals surface area contributed by atoms with Gasteiger partial charge in [0.15, 0.2) is 0 Å². The molecule has 2 rings (SSSR count). The molecule has 0 aromatic heterocycles. The van der Waals surface area contributed by atoms with Gasteiger partial charge in [0.05, 0.1) is 16.1 Å². The fourth-order valence-corrected chi connectivity index (χ4v) is 7.67. The lowest BCUT2D eigenvalue weighted by Gasteiger charge is -2.32. The minimum atomic E-state index is -1.41. The Labute approximate surface area is 215 Å². The van der Waals surface area contributed by atoms with Gasteiger partial charge >= 0.3 is 0 Å². The Bertz CT molecular complexity index is 862. The maximum atomic E-state index is 2.59. The second-order valence-corrected chi connectivity index (χ2v) is 24.1. The summed E-state index contributed by atoms with van der Waals surface area (Å²) in [6.07, 6.45) is 0. The van der Waals surface area contributed by atoms with E-state index in [9.17, 15) is 0 Å². The first-order valence-electron chi connectivity index (χ1n) is 13.7. The Morgan fingerprint density at radius 3 is 0.824 bits per heavy atom. The van der Waals surface area contributed by atoms with Gasteiger partial charge in [-0.15, -0.1) is 0 Å². The number of benzene rings is 2. The van der Waals surface area contributed by atoms with Gasteiger partial charge in [-0.05, 0) is 23.7 Å². The van der Waals surface area contributed by atoms with Crippen molar-refractivity contribution < 1.29 is 0 Å². The Kier molecular flexibility index (Phi) is 9.02. The molecule has 0 bridgehead atoms. The van der Waals surface area contributed by atoms with Crippen molar-refractivity contribution in [2.45, 2.75) is 125 Å². The van der Waals surface area contributed by atoms with Crippen LogP contribution in [0.3, 0.4) is 0 Å². The molecule has 0 saturated carbocycles. The van der Waals surface area contributed by atoms with Crippen LogP contribution in [0, 0.1) is 0 Å². The zero-order valence-corrected chi connectivity index (χ0v) is 27.2. The lowest BCUT2D eigenvalue weighted by atomic mass is 9.38. The summed E-state index contributed by atoms with van der Waals surface area (Å²) in [6.45, 7) is 37.0. The summed E-state index contributed by atoms with van der Waals surface area (Å²) < 4.78 is 0. The normalized spacial score (nSPS) is 13.0. The van der Waals surface area contributed by atoms with E-state index in [4.69, 9.17) is 0 Å². The van der Waals surface area contributed by atoms with E-state index >= 15 is 0 Å². The van der Waals surface area contributed by atoms with Gasteiger partial charge in [0.2, 0.25) is 6.71 Å². The molecule has 0 aliphatic heterocycles. The first-order chi connectivity index (χ1) is 15.4. The fraction of sp³-hybridized carbons (Fsp3) is 0.613. The average Bonchev–Trinajstić information content (AvgIpc) is 2.69. The molecule has 188 valence electrons. The molecule has 0 amide bonds. The molecular weight excluding hydrogens is 439 g/mol. The standard InChI is InChI=1S/C31H53BSi2/c1-20(2)26-16-24(33(10,11)12)17-27(21(3)4)30(26)32(9)31-28(22(5)6)18-25(34(13,14)15)19-29(31)23(7)8/h16-23H,1-15H3. The van der Waals surface area contributed by atoms with Gasteiger partial charge in [0.1, 0.15) is 0 Å². The first kappa shape index (κ1) is 29.2. The summed E-state index contributed by atoms with van der Waals surface area (Å²) in [4.78, 5) is 0. The van der Waals surface area contributed by atoms with Gasteiger partial charge in [-0.3, -0.25) is 0 Å². The van der Waals surface area contributed by atoms with Crippen molar-refractivity contribution in [3.8, 4) is 0 Å². The lowest BCUT2D eigenvalue weighted by Crippen LogP contribution is -2.51. The molecule has 3 heteroatoms. The van der Waals surface area contributed by atoms with E-state index in [2.05, 4.69) is 126 Å². The Hall–Kier alpha value is -1.06. The number of rotatable bonds is 8. The zero-order valence-electron chi connectivity index (χ0n) is 25.2. The van der Waals surface area contributed by atoms with Crippen molar-refractivity contribution in [3.63, 3.8) is 0 Å². The van der Waals surface area contributed by atoms with Gasteiger partial charge in [-0.1, -0.05) is 169 Å². The SMILES string of the molecule is CB(c1c(C(C)C)cc([Si](C)(C)C)cc1C(C)C)c1c(C(C)C)cc([Si](C)(C)C)cc1C(C)C. The van der Waals surface area contributed by atoms with Gasteiger partial charge in [0, 0.05) is 0 Å². The highest BCUT2D eigenvalue weighted by atomic mass is 28.3. The van der Waals surface area contributed by atoms with Crippen molar-refractivity contribution in [3.05, 3.63) is 46.5 Å². The molecule has 34 heavy (non-hydrogen) atoms. The van der Waals surface area contributed by atoms with Crippen LogP contribution in [0.5, 0.6) is 0 Å². The zero-order chi connectivity index (χ0) is 26.3. The first-order valence-corrected chi connectivity index (χ1v) is 20.7. The van der Waals surface area contributed by atoms with E-state index in [-0.39, 0.29) is 0 Å². The third kappa shape index (κ3) is 6.19. The number of hydrogen-bond donors (Lipinski definition) is 0. The van der Waals surface area contributed by atoms with Gasteiger partial charge in [0.25, 0.3) is 0 Å². The molecular formula is C31H53BSi2. The Morgan fingerprint density at radius 2 is 0.676 bits per heavy atom. The maximum Gasteiger partial charge on any atom is 0.207 e. The molecule has 0 N–H and O–H groups in total. The molecule has 0 aliphatic rings. The molecule has 0 nitrogen and oxygen atoms in total. The lowest BCUT2D eigenvalue weighted by molar-refractivity contribution is 0.842. The smallest absolute Gasteiger partial charge is 0.0774 e. The Balaban J connectivity index is 3.00. The summed E-state index contributed by atoms with van der Waals surface area (Å²) in [5.41, 5.74) is 9.53. The molecule has 0 fully saturated rings. The average molecular weight is 493 g/mol. The molecule has 0 atom stereocenters. The second-order valence-electron chi connectivity index (χ2n) is 14.0. The van der Waals surface area contributed by atoms with Gasteiger partial charge in [-0.25, -0.2) is 0 Å². The molecule has 0 unspecified atom stereocenters. The third-order valence-electron chi connectivity index (χ3n) is 7.57. The van der Waals surface area contributed by atoms with Crippen LogP contribution in [0.1, 0.15) is 101 Å². The van der Waals surface area contributed by atoms with Crippen molar-refractivity contribution in [2.24, 2.45) is 0 Å². The maximum absolute atomic E-state index is 2.59. The summed E-state index contributed by atoms with van der Waals surface area (Å²) in [5.74, 6) is 2.10. The summed E-state index contributed by atoms with van der Waals surface area (Å²) in [5, 5.41) is 3.22. The van der Waals surface area contributed by atoms with E-state index in [0.717, 1.165) is 0 Å². The van der Waals surface area contributed by atoms with Crippen LogP contribution in [-0.4, -0.2) is 22.9 Å². The van der Waals surface area contributed by atoms with Gasteiger partial charge < -0.3 is 0 Å². The molecule has 0 saturated heterocycles. The van der Waals surface area contributed by atoms with E-state index < -0.39 is 16.1 Å². The minimum absolute atomic E-state index is 0.399. The van der Waals surface area contributed by atoms with Crippen LogP contribution < -0.4 is 21.3 Å². The highest BCUT2D eigenvalue weighted by Crippen LogP contribution is 2.25. The minimum Gasteiger partial charge on any atom is -0.0774 e. The summed E-state index contributed by atoms with van der Waals surface area (Å²) >= 11 is 0. The fourth-order valence-electron chi connectivity index (χ4n) is 5.32. The van der Waals surface area contributed by atoms with E-state index in [1.54, 1.807) is 43.6 Å². The molecule has 2 aromatic carbocycles. The topological polar surface area (TPSA) is 0 Å². The van der Waals surface area contributed by atoms with Crippen LogP contribution in [-0.2, 0) is 0 Å². The largest absolute Gasteiger partial charge is 0.207 e. The molecule has 0 aliphatic carbocycles. The van der Waals surface area contributed by atoms with Crippen LogP contribution in [0.2, 0.25) is 46.1 Å². The summed E-state index contributed by atoms with van der Waals surface area (Å²) in [7, 11) is -2.81.